The van der Waals surface area contributed by atoms with Crippen molar-refractivity contribution in [3.63, 3.8) is 0 Å². The van der Waals surface area contributed by atoms with E-state index in [0.717, 1.165) is 12.8 Å². The van der Waals surface area contributed by atoms with E-state index in [-0.39, 0.29) is 10.9 Å². The predicted molar refractivity (Wildman–Crippen MR) is 65.4 cm³/mol. The lowest BCUT2D eigenvalue weighted by Gasteiger charge is -2.22. The molecule has 1 unspecified atom stereocenters. The fourth-order valence-corrected chi connectivity index (χ4v) is 3.07. The van der Waals surface area contributed by atoms with Gasteiger partial charge in [0.25, 0.3) is 0 Å². The zero-order valence-corrected chi connectivity index (χ0v) is 10.9. The maximum atomic E-state index is 12.1. The second-order valence-electron chi connectivity index (χ2n) is 4.26. The molecule has 7 nitrogen and oxygen atoms in total. The van der Waals surface area contributed by atoms with E-state index in [1.165, 1.54) is 17.1 Å². The van der Waals surface area contributed by atoms with Gasteiger partial charge in [-0.05, 0) is 12.8 Å². The van der Waals surface area contributed by atoms with Crippen LogP contribution in [0.4, 0.5) is 0 Å². The van der Waals surface area contributed by atoms with Gasteiger partial charge in [0, 0.05) is 25.4 Å². The first-order valence-electron chi connectivity index (χ1n) is 5.94. The Hall–Kier alpha value is -0.960. The van der Waals surface area contributed by atoms with Crippen molar-refractivity contribution in [2.45, 2.75) is 30.3 Å². The number of aromatic nitrogens is 2. The Morgan fingerprint density at radius 2 is 2.44 bits per heavy atom. The highest BCUT2D eigenvalue weighted by molar-refractivity contribution is 7.89. The summed E-state index contributed by atoms with van der Waals surface area (Å²) in [5, 5.41) is 3.95. The van der Waals surface area contributed by atoms with E-state index in [0.29, 0.717) is 26.3 Å². The molecule has 102 valence electrons. The summed E-state index contributed by atoms with van der Waals surface area (Å²) >= 11 is 0. The molecule has 2 rings (SSSR count). The number of sulfonamides is 1. The molecule has 0 aliphatic carbocycles. The summed E-state index contributed by atoms with van der Waals surface area (Å²) in [6, 6.07) is -0.151. The summed E-state index contributed by atoms with van der Waals surface area (Å²) in [7, 11) is -3.51. The first-order valence-corrected chi connectivity index (χ1v) is 7.43. The molecule has 0 radical (unpaired) electrons. The van der Waals surface area contributed by atoms with Crippen LogP contribution in [-0.2, 0) is 21.3 Å². The van der Waals surface area contributed by atoms with E-state index < -0.39 is 10.0 Å². The van der Waals surface area contributed by atoms with Crippen LogP contribution in [0.25, 0.3) is 0 Å². The van der Waals surface area contributed by atoms with Crippen molar-refractivity contribution in [2.24, 2.45) is 5.73 Å². The quantitative estimate of drug-likeness (QED) is 0.739. The molecule has 0 aromatic carbocycles. The maximum Gasteiger partial charge on any atom is 0.244 e. The van der Waals surface area contributed by atoms with Crippen molar-refractivity contribution < 1.29 is 13.2 Å². The maximum absolute atomic E-state index is 12.1. The van der Waals surface area contributed by atoms with Gasteiger partial charge in [-0.2, -0.15) is 5.10 Å². The Morgan fingerprint density at radius 1 is 1.61 bits per heavy atom. The van der Waals surface area contributed by atoms with Gasteiger partial charge in [0.05, 0.1) is 19.3 Å². The molecule has 1 aliphatic rings. The van der Waals surface area contributed by atoms with Gasteiger partial charge >= 0.3 is 0 Å². The third-order valence-corrected chi connectivity index (χ3v) is 4.24. The first-order chi connectivity index (χ1) is 8.62. The summed E-state index contributed by atoms with van der Waals surface area (Å²) in [6.45, 7) is 2.05. The molecule has 1 atom stereocenters. The summed E-state index contributed by atoms with van der Waals surface area (Å²) in [6.07, 6.45) is 4.50. The number of hydrogen-bond donors (Lipinski definition) is 2. The Bertz CT molecular complexity index is 479. The lowest BCUT2D eigenvalue weighted by molar-refractivity contribution is 0.0774. The second-order valence-corrected chi connectivity index (χ2v) is 5.98. The molecule has 1 saturated heterocycles. The average Bonchev–Trinajstić information content (AvgIpc) is 2.80. The van der Waals surface area contributed by atoms with Crippen LogP contribution < -0.4 is 10.5 Å². The Labute approximate surface area is 106 Å². The highest BCUT2D eigenvalue weighted by Crippen LogP contribution is 2.12. The van der Waals surface area contributed by atoms with Crippen LogP contribution in [0.3, 0.4) is 0 Å². The van der Waals surface area contributed by atoms with E-state index in [1.807, 2.05) is 0 Å². The molecule has 1 aliphatic heterocycles. The third-order valence-electron chi connectivity index (χ3n) is 2.76. The summed E-state index contributed by atoms with van der Waals surface area (Å²) in [5.74, 6) is 0. The molecule has 1 fully saturated rings. The molecule has 0 bridgehead atoms. The van der Waals surface area contributed by atoms with Gasteiger partial charge < -0.3 is 10.5 Å². The van der Waals surface area contributed by atoms with Crippen molar-refractivity contribution in [1.82, 2.24) is 14.5 Å². The minimum absolute atomic E-state index is 0.151. The molecule has 18 heavy (non-hydrogen) atoms. The number of hydrogen-bond acceptors (Lipinski definition) is 5. The molecule has 3 N–H and O–H groups in total. The molecule has 0 amide bonds. The predicted octanol–water partition coefficient (Wildman–Crippen LogP) is -0.701. The molecular weight excluding hydrogens is 256 g/mol. The van der Waals surface area contributed by atoms with E-state index in [9.17, 15) is 8.42 Å². The Morgan fingerprint density at radius 3 is 3.11 bits per heavy atom. The topological polar surface area (TPSA) is 99.2 Å². The third kappa shape index (κ3) is 3.29. The van der Waals surface area contributed by atoms with Gasteiger partial charge in [0.15, 0.2) is 0 Å². The van der Waals surface area contributed by atoms with Crippen molar-refractivity contribution in [3.05, 3.63) is 12.4 Å². The Balaban J connectivity index is 2.04. The van der Waals surface area contributed by atoms with Crippen LogP contribution in [0.1, 0.15) is 12.8 Å². The van der Waals surface area contributed by atoms with Crippen LogP contribution in [0, 0.1) is 0 Å². The van der Waals surface area contributed by atoms with Gasteiger partial charge in [-0.15, -0.1) is 0 Å². The van der Waals surface area contributed by atoms with Crippen molar-refractivity contribution in [3.8, 4) is 0 Å². The minimum Gasteiger partial charge on any atom is -0.380 e. The molecule has 1 aromatic rings. The lowest BCUT2D eigenvalue weighted by Crippen LogP contribution is -2.40. The molecule has 0 saturated carbocycles. The monoisotopic (exact) mass is 274 g/mol. The largest absolute Gasteiger partial charge is 0.380 e. The number of ether oxygens (including phenoxy) is 1. The summed E-state index contributed by atoms with van der Waals surface area (Å²) in [4.78, 5) is 0.168. The zero-order chi connectivity index (χ0) is 13.0. The fourth-order valence-electron chi connectivity index (χ4n) is 1.86. The second kappa shape index (κ2) is 5.79. The number of nitrogens with zero attached hydrogens (tertiary/aromatic N) is 2. The fraction of sp³-hybridized carbons (Fsp3) is 0.700. The molecule has 2 heterocycles. The molecule has 1 aromatic heterocycles. The van der Waals surface area contributed by atoms with Crippen LogP contribution >= 0.6 is 0 Å². The van der Waals surface area contributed by atoms with Crippen LogP contribution in [0.5, 0.6) is 0 Å². The standard InChI is InChI=1S/C10H18N4O3S/c11-3-4-14-7-10(6-12-14)18(15,16)13-9-2-1-5-17-8-9/h6-7,9,13H,1-5,8,11H2. The van der Waals surface area contributed by atoms with Crippen molar-refractivity contribution >= 4 is 10.0 Å². The van der Waals surface area contributed by atoms with Crippen LogP contribution in [-0.4, -0.2) is 44.0 Å². The van der Waals surface area contributed by atoms with Gasteiger partial charge in [-0.1, -0.05) is 0 Å². The first kappa shape index (κ1) is 13.5. The van der Waals surface area contributed by atoms with Crippen LogP contribution in [0.15, 0.2) is 17.3 Å². The molecule has 0 spiro atoms. The van der Waals surface area contributed by atoms with Gasteiger partial charge in [0.1, 0.15) is 4.90 Å². The van der Waals surface area contributed by atoms with Gasteiger partial charge in [0.2, 0.25) is 10.0 Å². The van der Waals surface area contributed by atoms with Crippen molar-refractivity contribution in [1.29, 1.82) is 0 Å². The van der Waals surface area contributed by atoms with E-state index in [4.69, 9.17) is 10.5 Å². The van der Waals surface area contributed by atoms with E-state index in [1.54, 1.807) is 0 Å². The molecular formula is C10H18N4O3S. The smallest absolute Gasteiger partial charge is 0.244 e. The lowest BCUT2D eigenvalue weighted by atomic mass is 10.1. The summed E-state index contributed by atoms with van der Waals surface area (Å²) in [5.41, 5.74) is 5.39. The van der Waals surface area contributed by atoms with Crippen LogP contribution in [0.2, 0.25) is 0 Å². The number of nitrogens with two attached hydrogens (primary N) is 1. The van der Waals surface area contributed by atoms with Gasteiger partial charge in [-0.25, -0.2) is 13.1 Å². The number of rotatable bonds is 5. The van der Waals surface area contributed by atoms with Crippen molar-refractivity contribution in [2.75, 3.05) is 19.8 Å². The van der Waals surface area contributed by atoms with E-state index in [2.05, 4.69) is 9.82 Å². The average molecular weight is 274 g/mol. The Kier molecular flexibility index (Phi) is 4.33. The highest BCUT2D eigenvalue weighted by atomic mass is 32.2. The number of nitrogens with one attached hydrogen (secondary N) is 1. The minimum atomic E-state index is -3.51. The molecule has 8 heteroatoms. The SMILES string of the molecule is NCCn1cc(S(=O)(=O)NC2CCCOC2)cn1. The van der Waals surface area contributed by atoms with E-state index >= 15 is 0 Å². The summed E-state index contributed by atoms with van der Waals surface area (Å²) < 4.78 is 33.5. The van der Waals surface area contributed by atoms with Gasteiger partial charge in [-0.3, -0.25) is 4.68 Å². The normalized spacial score (nSPS) is 21.1. The zero-order valence-electron chi connectivity index (χ0n) is 10.1. The highest BCUT2D eigenvalue weighted by Gasteiger charge is 2.23.